The van der Waals surface area contributed by atoms with Gasteiger partial charge >= 0.3 is 0 Å². The van der Waals surface area contributed by atoms with E-state index in [0.717, 1.165) is 0 Å². The molecule has 0 aliphatic rings. The Labute approximate surface area is 119 Å². The van der Waals surface area contributed by atoms with Gasteiger partial charge in [-0.15, -0.1) is 5.54 Å². The molecule has 5 heteroatoms. The molecule has 0 amide bonds. The lowest BCUT2D eigenvalue weighted by atomic mass is 9.93. The highest BCUT2D eigenvalue weighted by Crippen LogP contribution is 2.35. The van der Waals surface area contributed by atoms with Crippen molar-refractivity contribution in [2.24, 2.45) is 0 Å². The Bertz CT molecular complexity index is 599. The highest BCUT2D eigenvalue weighted by Gasteiger charge is 2.41. The lowest BCUT2D eigenvalue weighted by Crippen LogP contribution is -2.32. The molecule has 0 fully saturated rings. The Morgan fingerprint density at radius 1 is 1.15 bits per heavy atom. The lowest BCUT2D eigenvalue weighted by molar-refractivity contribution is -0.0614. The van der Waals surface area contributed by atoms with Crippen LogP contribution < -0.4 is 0 Å². The standard InChI is InChI=1S/C15H18O4Si/c1-20(2,3)11-8-15(17,13-7-5-10-19-13)14(16)12-6-4-9-18-12/h4-7,9-10,14,16-17H,1-3H3. The number of aliphatic hydroxyl groups is 2. The van der Waals surface area contributed by atoms with E-state index in [0.29, 0.717) is 0 Å². The summed E-state index contributed by atoms with van der Waals surface area (Å²) in [6.45, 7) is 6.17. The summed E-state index contributed by atoms with van der Waals surface area (Å²) in [6, 6.07) is 6.47. The molecule has 2 aromatic rings. The Morgan fingerprint density at radius 2 is 1.80 bits per heavy atom. The maximum Gasteiger partial charge on any atom is 0.216 e. The van der Waals surface area contributed by atoms with E-state index in [9.17, 15) is 10.2 Å². The Hall–Kier alpha value is -1.74. The lowest BCUT2D eigenvalue weighted by Gasteiger charge is -2.25. The van der Waals surface area contributed by atoms with Crippen molar-refractivity contribution < 1.29 is 19.0 Å². The first-order valence-electron chi connectivity index (χ1n) is 6.35. The molecular weight excluding hydrogens is 272 g/mol. The number of hydrogen-bond donors (Lipinski definition) is 2. The van der Waals surface area contributed by atoms with E-state index < -0.39 is 19.8 Å². The van der Waals surface area contributed by atoms with Crippen molar-refractivity contribution in [2.75, 3.05) is 0 Å². The van der Waals surface area contributed by atoms with Crippen LogP contribution in [0.15, 0.2) is 45.6 Å². The van der Waals surface area contributed by atoms with Crippen LogP contribution in [0.1, 0.15) is 17.6 Å². The van der Waals surface area contributed by atoms with E-state index in [2.05, 4.69) is 31.1 Å². The second-order valence-corrected chi connectivity index (χ2v) is 10.4. The van der Waals surface area contributed by atoms with Gasteiger partial charge < -0.3 is 19.0 Å². The largest absolute Gasteiger partial charge is 0.466 e. The summed E-state index contributed by atoms with van der Waals surface area (Å²) in [4.78, 5) is 0. The van der Waals surface area contributed by atoms with E-state index in [1.807, 2.05) is 0 Å². The summed E-state index contributed by atoms with van der Waals surface area (Å²) in [5, 5.41) is 21.2. The predicted molar refractivity (Wildman–Crippen MR) is 77.4 cm³/mol. The van der Waals surface area contributed by atoms with Gasteiger partial charge in [0.2, 0.25) is 5.60 Å². The van der Waals surface area contributed by atoms with E-state index in [4.69, 9.17) is 8.83 Å². The number of aliphatic hydroxyl groups excluding tert-OH is 1. The second-order valence-electron chi connectivity index (χ2n) is 5.66. The third-order valence-corrected chi connectivity index (χ3v) is 3.61. The fraction of sp³-hybridized carbons (Fsp3) is 0.333. The molecule has 0 spiro atoms. The zero-order valence-electron chi connectivity index (χ0n) is 11.8. The van der Waals surface area contributed by atoms with Crippen molar-refractivity contribution in [3.63, 3.8) is 0 Å². The topological polar surface area (TPSA) is 66.7 Å². The van der Waals surface area contributed by atoms with Crippen LogP contribution >= 0.6 is 0 Å². The molecule has 0 saturated carbocycles. The summed E-state index contributed by atoms with van der Waals surface area (Å²) >= 11 is 0. The first-order valence-corrected chi connectivity index (χ1v) is 9.85. The van der Waals surface area contributed by atoms with Gasteiger partial charge in [-0.2, -0.15) is 0 Å². The van der Waals surface area contributed by atoms with Gasteiger partial charge in [-0.1, -0.05) is 25.6 Å². The molecule has 2 atom stereocenters. The van der Waals surface area contributed by atoms with Crippen LogP contribution in [0.25, 0.3) is 0 Å². The molecule has 0 aliphatic heterocycles. The average molecular weight is 290 g/mol. The molecule has 0 saturated heterocycles. The number of rotatable bonds is 3. The molecule has 2 N–H and O–H groups in total. The van der Waals surface area contributed by atoms with Gasteiger partial charge in [-0.25, -0.2) is 0 Å². The fourth-order valence-electron chi connectivity index (χ4n) is 1.70. The molecule has 2 rings (SSSR count). The molecule has 20 heavy (non-hydrogen) atoms. The van der Waals surface area contributed by atoms with Crippen molar-refractivity contribution in [3.8, 4) is 11.5 Å². The molecule has 0 aliphatic carbocycles. The van der Waals surface area contributed by atoms with Crippen molar-refractivity contribution in [1.29, 1.82) is 0 Å². The fourth-order valence-corrected chi connectivity index (χ4v) is 2.26. The monoisotopic (exact) mass is 290 g/mol. The van der Waals surface area contributed by atoms with Crippen LogP contribution in [0, 0.1) is 11.5 Å². The van der Waals surface area contributed by atoms with Crippen LogP contribution in [0.3, 0.4) is 0 Å². The Morgan fingerprint density at radius 3 is 2.30 bits per heavy atom. The van der Waals surface area contributed by atoms with Crippen molar-refractivity contribution in [2.45, 2.75) is 31.3 Å². The first kappa shape index (κ1) is 14.7. The van der Waals surface area contributed by atoms with E-state index in [1.54, 1.807) is 24.3 Å². The molecule has 4 nitrogen and oxygen atoms in total. The summed E-state index contributed by atoms with van der Waals surface area (Å²) in [6.07, 6.45) is 1.56. The summed E-state index contributed by atoms with van der Waals surface area (Å²) < 4.78 is 10.4. The smallest absolute Gasteiger partial charge is 0.216 e. The van der Waals surface area contributed by atoms with E-state index in [-0.39, 0.29) is 11.5 Å². The van der Waals surface area contributed by atoms with Gasteiger partial charge in [0.05, 0.1) is 12.5 Å². The van der Waals surface area contributed by atoms with Crippen molar-refractivity contribution in [3.05, 3.63) is 48.3 Å². The summed E-state index contributed by atoms with van der Waals surface area (Å²) in [7, 11) is -1.71. The first-order chi connectivity index (χ1) is 9.33. The quantitative estimate of drug-likeness (QED) is 0.673. The summed E-state index contributed by atoms with van der Waals surface area (Å²) in [5.74, 6) is 3.24. The minimum Gasteiger partial charge on any atom is -0.466 e. The third kappa shape index (κ3) is 3.04. The van der Waals surface area contributed by atoms with Crippen LogP contribution in [-0.4, -0.2) is 18.3 Å². The summed E-state index contributed by atoms with van der Waals surface area (Å²) in [5.41, 5.74) is 1.25. The molecule has 2 heterocycles. The highest BCUT2D eigenvalue weighted by atomic mass is 28.3. The van der Waals surface area contributed by atoms with Crippen molar-refractivity contribution >= 4 is 8.07 Å². The molecule has 106 valence electrons. The predicted octanol–water partition coefficient (Wildman–Crippen LogP) is 2.67. The van der Waals surface area contributed by atoms with Crippen LogP contribution in [0.5, 0.6) is 0 Å². The van der Waals surface area contributed by atoms with Gasteiger partial charge in [0.25, 0.3) is 0 Å². The molecule has 0 radical (unpaired) electrons. The molecule has 0 bridgehead atoms. The second kappa shape index (κ2) is 5.33. The Balaban J connectivity index is 2.47. The van der Waals surface area contributed by atoms with Crippen LogP contribution in [-0.2, 0) is 5.60 Å². The molecule has 2 aromatic heterocycles. The van der Waals surface area contributed by atoms with Crippen molar-refractivity contribution in [1.82, 2.24) is 0 Å². The van der Waals surface area contributed by atoms with Crippen LogP contribution in [0.2, 0.25) is 19.6 Å². The maximum atomic E-state index is 10.8. The third-order valence-electron chi connectivity index (χ3n) is 2.73. The zero-order valence-corrected chi connectivity index (χ0v) is 12.8. The van der Waals surface area contributed by atoms with Gasteiger partial charge in [-0.3, -0.25) is 0 Å². The molecule has 2 unspecified atom stereocenters. The van der Waals surface area contributed by atoms with Crippen LogP contribution in [0.4, 0.5) is 0 Å². The Kier molecular flexibility index (Phi) is 3.91. The van der Waals surface area contributed by atoms with Gasteiger partial charge in [-0.05, 0) is 24.3 Å². The maximum absolute atomic E-state index is 10.8. The van der Waals surface area contributed by atoms with Gasteiger partial charge in [0, 0.05) is 0 Å². The highest BCUT2D eigenvalue weighted by molar-refractivity contribution is 6.83. The normalized spacial score (nSPS) is 16.1. The zero-order chi connectivity index (χ0) is 14.8. The molecule has 0 aromatic carbocycles. The number of furan rings is 2. The minimum atomic E-state index is -1.82. The minimum absolute atomic E-state index is 0.201. The van der Waals surface area contributed by atoms with E-state index in [1.165, 1.54) is 12.5 Å². The average Bonchev–Trinajstić information content (AvgIpc) is 3.05. The molecular formula is C15H18O4Si. The SMILES string of the molecule is C[Si](C)(C)C#CC(O)(c1ccco1)C(O)c1ccco1. The van der Waals surface area contributed by atoms with Gasteiger partial charge in [0.15, 0.2) is 11.9 Å². The van der Waals surface area contributed by atoms with E-state index >= 15 is 0 Å². The van der Waals surface area contributed by atoms with Gasteiger partial charge in [0.1, 0.15) is 13.8 Å². The number of hydrogen-bond acceptors (Lipinski definition) is 4.